The third-order valence-electron chi connectivity index (χ3n) is 3.60. The summed E-state index contributed by atoms with van der Waals surface area (Å²) < 4.78 is 5.25. The van der Waals surface area contributed by atoms with Gasteiger partial charge in [-0.15, -0.1) is 0 Å². The third-order valence-corrected chi connectivity index (χ3v) is 3.60. The van der Waals surface area contributed by atoms with Crippen molar-refractivity contribution in [3.8, 4) is 5.75 Å². The smallest absolute Gasteiger partial charge is 0.303 e. The Balaban J connectivity index is 2.19. The number of hydrogen-bond acceptors (Lipinski definition) is 4. The third kappa shape index (κ3) is 4.29. The summed E-state index contributed by atoms with van der Waals surface area (Å²) in [7, 11) is 1.53. The minimum Gasteiger partial charge on any atom is -0.496 e. The number of carbonyl (C=O) groups is 2. The molecule has 5 nitrogen and oxygen atoms in total. The van der Waals surface area contributed by atoms with Crippen molar-refractivity contribution < 1.29 is 19.4 Å². The fraction of sp³-hybridized carbons (Fsp3) is 0.500. The fourth-order valence-corrected chi connectivity index (χ4v) is 2.29. The average molecular weight is 291 g/mol. The minimum absolute atomic E-state index is 0.0236. The van der Waals surface area contributed by atoms with E-state index in [0.29, 0.717) is 23.8 Å². The Morgan fingerprint density at radius 2 is 2.14 bits per heavy atom. The van der Waals surface area contributed by atoms with Crippen molar-refractivity contribution in [2.24, 2.45) is 0 Å². The molecule has 114 valence electrons. The molecule has 1 saturated carbocycles. The van der Waals surface area contributed by atoms with E-state index in [0.717, 1.165) is 18.4 Å². The second kappa shape index (κ2) is 6.72. The first-order chi connectivity index (χ1) is 10.0. The molecule has 5 heteroatoms. The van der Waals surface area contributed by atoms with E-state index in [2.05, 4.69) is 5.32 Å². The zero-order valence-corrected chi connectivity index (χ0v) is 12.4. The molecule has 0 amide bonds. The van der Waals surface area contributed by atoms with Crippen molar-refractivity contribution >= 4 is 11.8 Å². The van der Waals surface area contributed by atoms with Crippen LogP contribution < -0.4 is 10.1 Å². The van der Waals surface area contributed by atoms with E-state index in [1.54, 1.807) is 12.1 Å². The maximum atomic E-state index is 12.7. The van der Waals surface area contributed by atoms with Crippen LogP contribution in [0.25, 0.3) is 0 Å². The molecule has 1 aliphatic carbocycles. The Hall–Kier alpha value is -1.88. The highest BCUT2D eigenvalue weighted by Crippen LogP contribution is 2.25. The number of nitrogens with one attached hydrogen (secondary N) is 1. The quantitative estimate of drug-likeness (QED) is 0.718. The maximum absolute atomic E-state index is 12.7. The van der Waals surface area contributed by atoms with E-state index in [1.807, 2.05) is 13.0 Å². The summed E-state index contributed by atoms with van der Waals surface area (Å²) in [6.45, 7) is 1.91. The van der Waals surface area contributed by atoms with Gasteiger partial charge in [0.15, 0.2) is 5.78 Å². The maximum Gasteiger partial charge on any atom is 0.303 e. The summed E-state index contributed by atoms with van der Waals surface area (Å²) in [5, 5.41) is 12.1. The lowest BCUT2D eigenvalue weighted by molar-refractivity contribution is -0.137. The SMILES string of the molecule is COc1ccc(C)cc1C(=O)C(CCC(=O)O)NC1CC1. The predicted molar refractivity (Wildman–Crippen MR) is 78.9 cm³/mol. The number of aliphatic carboxylic acids is 1. The van der Waals surface area contributed by atoms with Crippen LogP contribution in [0.2, 0.25) is 0 Å². The van der Waals surface area contributed by atoms with Crippen LogP contribution in [0, 0.1) is 6.92 Å². The van der Waals surface area contributed by atoms with Gasteiger partial charge in [0.2, 0.25) is 0 Å². The van der Waals surface area contributed by atoms with E-state index in [1.165, 1.54) is 7.11 Å². The number of Topliss-reactive ketones (excluding diaryl/α,β-unsaturated/α-hetero) is 1. The Labute approximate surface area is 124 Å². The predicted octanol–water partition coefficient (Wildman–Crippen LogP) is 2.17. The van der Waals surface area contributed by atoms with E-state index in [-0.39, 0.29) is 12.2 Å². The lowest BCUT2D eigenvalue weighted by Crippen LogP contribution is -2.38. The van der Waals surface area contributed by atoms with Gasteiger partial charge in [-0.2, -0.15) is 0 Å². The van der Waals surface area contributed by atoms with Crippen molar-refractivity contribution in [1.29, 1.82) is 0 Å². The number of carboxylic acids is 1. The molecule has 0 spiro atoms. The first-order valence-electron chi connectivity index (χ1n) is 7.18. The Morgan fingerprint density at radius 3 is 2.71 bits per heavy atom. The molecule has 1 aliphatic rings. The topological polar surface area (TPSA) is 75.6 Å². The van der Waals surface area contributed by atoms with Crippen LogP contribution in [0.15, 0.2) is 18.2 Å². The first kappa shape index (κ1) is 15.5. The number of hydrogen-bond donors (Lipinski definition) is 2. The van der Waals surface area contributed by atoms with Gasteiger partial charge in [-0.25, -0.2) is 0 Å². The number of ether oxygens (including phenoxy) is 1. The molecule has 1 aromatic carbocycles. The van der Waals surface area contributed by atoms with Crippen LogP contribution >= 0.6 is 0 Å². The number of carboxylic acid groups (broad SMARTS) is 1. The van der Waals surface area contributed by atoms with E-state index < -0.39 is 12.0 Å². The van der Waals surface area contributed by atoms with Crippen LogP contribution in [0.1, 0.15) is 41.6 Å². The number of methoxy groups -OCH3 is 1. The number of ketones is 1. The fourth-order valence-electron chi connectivity index (χ4n) is 2.29. The lowest BCUT2D eigenvalue weighted by Gasteiger charge is -2.18. The number of benzene rings is 1. The van der Waals surface area contributed by atoms with Crippen LogP contribution in [-0.4, -0.2) is 36.1 Å². The van der Waals surface area contributed by atoms with Gasteiger partial charge in [0.05, 0.1) is 18.7 Å². The zero-order valence-electron chi connectivity index (χ0n) is 12.4. The summed E-state index contributed by atoms with van der Waals surface area (Å²) >= 11 is 0. The van der Waals surface area contributed by atoms with Gasteiger partial charge in [0, 0.05) is 12.5 Å². The number of carbonyl (C=O) groups excluding carboxylic acids is 1. The molecular formula is C16H21NO4. The van der Waals surface area contributed by atoms with Gasteiger partial charge >= 0.3 is 5.97 Å². The van der Waals surface area contributed by atoms with Gasteiger partial charge in [-0.3, -0.25) is 9.59 Å². The molecular weight excluding hydrogens is 270 g/mol. The van der Waals surface area contributed by atoms with Gasteiger partial charge in [-0.05, 0) is 38.3 Å². The van der Waals surface area contributed by atoms with Gasteiger partial charge in [0.25, 0.3) is 0 Å². The van der Waals surface area contributed by atoms with E-state index >= 15 is 0 Å². The molecule has 2 N–H and O–H groups in total. The molecule has 1 fully saturated rings. The van der Waals surface area contributed by atoms with Crippen molar-refractivity contribution in [3.63, 3.8) is 0 Å². The molecule has 2 rings (SSSR count). The minimum atomic E-state index is -0.887. The number of aryl methyl sites for hydroxylation is 1. The summed E-state index contributed by atoms with van der Waals surface area (Å²) in [5.41, 5.74) is 1.49. The standard InChI is InChI=1S/C16H21NO4/c1-10-3-7-14(21-2)12(9-10)16(20)13(6-8-15(18)19)17-11-4-5-11/h3,7,9,11,13,17H,4-6,8H2,1-2H3,(H,18,19). The molecule has 0 heterocycles. The van der Waals surface area contributed by atoms with Crippen molar-refractivity contribution in [1.82, 2.24) is 5.32 Å². The highest BCUT2D eigenvalue weighted by atomic mass is 16.5. The van der Waals surface area contributed by atoms with Crippen LogP contribution in [0.3, 0.4) is 0 Å². The molecule has 21 heavy (non-hydrogen) atoms. The van der Waals surface area contributed by atoms with Crippen molar-refractivity contribution in [2.75, 3.05) is 7.11 Å². The van der Waals surface area contributed by atoms with Gasteiger partial charge in [-0.1, -0.05) is 11.6 Å². The molecule has 0 saturated heterocycles. The van der Waals surface area contributed by atoms with Crippen molar-refractivity contribution in [3.05, 3.63) is 29.3 Å². The Bertz CT molecular complexity index is 537. The molecule has 1 aromatic rings. The first-order valence-corrected chi connectivity index (χ1v) is 7.18. The van der Waals surface area contributed by atoms with E-state index in [9.17, 15) is 9.59 Å². The highest BCUT2D eigenvalue weighted by Gasteiger charge is 2.30. The largest absolute Gasteiger partial charge is 0.496 e. The zero-order chi connectivity index (χ0) is 15.4. The number of rotatable bonds is 8. The average Bonchev–Trinajstić information content (AvgIpc) is 3.26. The second-order valence-electron chi connectivity index (χ2n) is 5.49. The molecule has 0 radical (unpaired) electrons. The van der Waals surface area contributed by atoms with Gasteiger partial charge in [0.1, 0.15) is 5.75 Å². The lowest BCUT2D eigenvalue weighted by atomic mass is 9.97. The molecule has 0 aliphatic heterocycles. The van der Waals surface area contributed by atoms with Crippen molar-refractivity contribution in [2.45, 2.75) is 44.7 Å². The molecule has 1 atom stereocenters. The van der Waals surface area contributed by atoms with E-state index in [4.69, 9.17) is 9.84 Å². The Morgan fingerprint density at radius 1 is 1.43 bits per heavy atom. The second-order valence-corrected chi connectivity index (χ2v) is 5.49. The molecule has 0 bridgehead atoms. The highest BCUT2D eigenvalue weighted by molar-refractivity contribution is 6.02. The molecule has 0 aromatic heterocycles. The summed E-state index contributed by atoms with van der Waals surface area (Å²) in [4.78, 5) is 23.5. The van der Waals surface area contributed by atoms with Crippen LogP contribution in [0.5, 0.6) is 5.75 Å². The Kier molecular flexibility index (Phi) is 4.96. The summed E-state index contributed by atoms with van der Waals surface area (Å²) in [5.74, 6) is -0.450. The van der Waals surface area contributed by atoms with Crippen LogP contribution in [0.4, 0.5) is 0 Å². The summed E-state index contributed by atoms with van der Waals surface area (Å²) in [6.07, 6.45) is 2.36. The molecule has 1 unspecified atom stereocenters. The monoisotopic (exact) mass is 291 g/mol. The summed E-state index contributed by atoms with van der Waals surface area (Å²) in [6, 6.07) is 5.32. The normalized spacial score (nSPS) is 15.5. The van der Waals surface area contributed by atoms with Gasteiger partial charge < -0.3 is 15.2 Å². The van der Waals surface area contributed by atoms with Crippen LogP contribution in [-0.2, 0) is 4.79 Å².